The summed E-state index contributed by atoms with van der Waals surface area (Å²) in [7, 11) is -2.17. The van der Waals surface area contributed by atoms with E-state index in [0.29, 0.717) is 5.54 Å². The molecular weight excluding hydrogens is 496 g/mol. The normalized spacial score (nSPS) is 10.2. The first kappa shape index (κ1) is 25.8. The maximum Gasteiger partial charge on any atom is 0.631 e. The minimum absolute atomic E-state index is 0.0671. The SMILES string of the molecule is CCC(CC)(CC)N(Br)I.O=C(O)c1ccccc1O.OB(O)O. The van der Waals surface area contributed by atoms with Crippen LogP contribution in [0.25, 0.3) is 0 Å². The van der Waals surface area contributed by atoms with Crippen molar-refractivity contribution in [1.82, 2.24) is 2.14 Å². The Labute approximate surface area is 165 Å². The minimum Gasteiger partial charge on any atom is -0.507 e. The van der Waals surface area contributed by atoms with Crippen molar-refractivity contribution < 1.29 is 30.1 Å². The number of rotatable bonds is 5. The number of hydrogen-bond donors (Lipinski definition) is 5. The van der Waals surface area contributed by atoms with E-state index in [4.69, 9.17) is 25.3 Å². The quantitative estimate of drug-likeness (QED) is 0.230. The number of nitrogens with zero attached hydrogens (tertiary/aromatic N) is 1. The van der Waals surface area contributed by atoms with Gasteiger partial charge in [-0.25, -0.2) is 4.79 Å². The van der Waals surface area contributed by atoms with Gasteiger partial charge in [-0.05, 0) is 31.4 Å². The van der Waals surface area contributed by atoms with Gasteiger partial charge in [0.1, 0.15) is 11.3 Å². The van der Waals surface area contributed by atoms with Crippen molar-refractivity contribution >= 4 is 52.3 Å². The van der Waals surface area contributed by atoms with Gasteiger partial charge in [0.25, 0.3) is 0 Å². The van der Waals surface area contributed by atoms with Crippen LogP contribution in [0.5, 0.6) is 5.75 Å². The van der Waals surface area contributed by atoms with Crippen LogP contribution in [0.3, 0.4) is 0 Å². The zero-order valence-corrected chi connectivity index (χ0v) is 17.6. The fraction of sp³-hybridized carbons (Fsp3) is 0.500. The second kappa shape index (κ2) is 13.8. The standard InChI is InChI=1S/C7H15BrIN.C7H6O3.BH3O3/c1-4-7(5-2,6-3)10(8)9;8-6-4-2-1-3-5(6)7(9)10;2-1(3)4/h4-6H2,1-3H3;1-4,8H,(H,9,10);2-4H. The number of hydrogen-bond acceptors (Lipinski definition) is 6. The largest absolute Gasteiger partial charge is 0.631 e. The van der Waals surface area contributed by atoms with Crippen LogP contribution in [0.2, 0.25) is 0 Å². The van der Waals surface area contributed by atoms with Gasteiger partial charge < -0.3 is 25.3 Å². The van der Waals surface area contributed by atoms with Gasteiger partial charge in [0, 0.05) is 44.6 Å². The molecule has 0 atom stereocenters. The number of carbonyl (C=O) groups is 1. The van der Waals surface area contributed by atoms with Crippen molar-refractivity contribution in [2.45, 2.75) is 45.6 Å². The fourth-order valence-electron chi connectivity index (χ4n) is 1.76. The predicted molar refractivity (Wildman–Crippen MR) is 106 cm³/mol. The van der Waals surface area contributed by atoms with Gasteiger partial charge in [0.15, 0.2) is 0 Å². The highest BCUT2D eigenvalue weighted by atomic mass is 127. The molecule has 1 aromatic carbocycles. The average molecular weight is 520 g/mol. The summed E-state index contributed by atoms with van der Waals surface area (Å²) in [6.45, 7) is 6.71. The van der Waals surface area contributed by atoms with Crippen LogP contribution in [0.4, 0.5) is 0 Å². The molecule has 0 aromatic heterocycles. The summed E-state index contributed by atoms with van der Waals surface area (Å²) in [4.78, 5) is 10.3. The van der Waals surface area contributed by atoms with Crippen molar-refractivity contribution in [3.8, 4) is 5.75 Å². The van der Waals surface area contributed by atoms with E-state index in [-0.39, 0.29) is 11.3 Å². The highest BCUT2D eigenvalue weighted by Gasteiger charge is 2.28. The Morgan fingerprint density at radius 3 is 1.71 bits per heavy atom. The predicted octanol–water partition coefficient (Wildman–Crippen LogP) is 2.96. The molecule has 0 radical (unpaired) electrons. The third-order valence-electron chi connectivity index (χ3n) is 3.47. The maximum atomic E-state index is 10.3. The number of phenols is 1. The van der Waals surface area contributed by atoms with Crippen LogP contribution in [0, 0.1) is 0 Å². The molecular formula is C14H24BBrINO6. The van der Waals surface area contributed by atoms with E-state index in [0.717, 1.165) is 0 Å². The molecule has 0 unspecified atom stereocenters. The zero-order valence-electron chi connectivity index (χ0n) is 13.9. The minimum atomic E-state index is -2.17. The van der Waals surface area contributed by atoms with Crippen LogP contribution >= 0.6 is 39.0 Å². The van der Waals surface area contributed by atoms with E-state index in [9.17, 15) is 4.79 Å². The Morgan fingerprint density at radius 1 is 1.17 bits per heavy atom. The Morgan fingerprint density at radius 2 is 1.54 bits per heavy atom. The molecule has 0 saturated heterocycles. The number of para-hydroxylation sites is 1. The number of aromatic carboxylic acids is 1. The molecule has 0 fully saturated rings. The number of benzene rings is 1. The summed E-state index contributed by atoms with van der Waals surface area (Å²) in [5, 5.41) is 38.8. The Hall–Kier alpha value is -0.395. The molecule has 0 aliphatic rings. The number of halogens is 2. The molecule has 1 aromatic rings. The Bertz CT molecular complexity index is 463. The molecule has 0 aliphatic carbocycles. The first-order valence-corrected chi connectivity index (χ1v) is 8.92. The molecule has 0 saturated carbocycles. The van der Waals surface area contributed by atoms with Gasteiger partial charge in [-0.3, -0.25) is 0 Å². The van der Waals surface area contributed by atoms with E-state index < -0.39 is 13.3 Å². The van der Waals surface area contributed by atoms with Crippen LogP contribution in [0.1, 0.15) is 50.4 Å². The number of aromatic hydroxyl groups is 1. The van der Waals surface area contributed by atoms with Crippen LogP contribution in [-0.2, 0) is 0 Å². The highest BCUT2D eigenvalue weighted by molar-refractivity contribution is 14.1. The topological polar surface area (TPSA) is 121 Å². The van der Waals surface area contributed by atoms with Crippen molar-refractivity contribution in [2.75, 3.05) is 0 Å². The lowest BCUT2D eigenvalue weighted by Gasteiger charge is -2.33. The smallest absolute Gasteiger partial charge is 0.507 e. The summed E-state index contributed by atoms with van der Waals surface area (Å²) in [6.07, 6.45) is 3.61. The fourth-order valence-corrected chi connectivity index (χ4v) is 3.54. The van der Waals surface area contributed by atoms with E-state index >= 15 is 0 Å². The third kappa shape index (κ3) is 10.5. The van der Waals surface area contributed by atoms with Crippen molar-refractivity contribution in [2.24, 2.45) is 0 Å². The average Bonchev–Trinajstić information content (AvgIpc) is 2.49. The first-order chi connectivity index (χ1) is 11.1. The summed E-state index contributed by atoms with van der Waals surface area (Å²) >= 11 is 5.81. The monoisotopic (exact) mass is 519 g/mol. The molecule has 10 heteroatoms. The van der Waals surface area contributed by atoms with Gasteiger partial charge in [0.2, 0.25) is 0 Å². The van der Waals surface area contributed by atoms with Crippen molar-refractivity contribution in [1.29, 1.82) is 0 Å². The number of carboxylic acid groups (broad SMARTS) is 1. The molecule has 0 spiro atoms. The van der Waals surface area contributed by atoms with Crippen LogP contribution < -0.4 is 0 Å². The summed E-state index contributed by atoms with van der Waals surface area (Å²) in [6, 6.07) is 5.81. The lowest BCUT2D eigenvalue weighted by molar-refractivity contribution is 0.0693. The van der Waals surface area contributed by atoms with Crippen LogP contribution in [0.15, 0.2) is 24.3 Å². The van der Waals surface area contributed by atoms with E-state index in [1.54, 1.807) is 12.1 Å². The lowest BCUT2D eigenvalue weighted by Crippen LogP contribution is -2.35. The number of carboxylic acids is 1. The Balaban J connectivity index is 0. The molecule has 1 rings (SSSR count). The van der Waals surface area contributed by atoms with Crippen molar-refractivity contribution in [3.05, 3.63) is 29.8 Å². The second-order valence-corrected chi connectivity index (χ2v) is 7.69. The van der Waals surface area contributed by atoms with Gasteiger partial charge in [-0.15, -0.1) is 0 Å². The molecule has 7 nitrogen and oxygen atoms in total. The van der Waals surface area contributed by atoms with Gasteiger partial charge in [-0.1, -0.05) is 32.9 Å². The molecule has 5 N–H and O–H groups in total. The van der Waals surface area contributed by atoms with E-state index in [1.807, 2.05) is 0 Å². The van der Waals surface area contributed by atoms with Crippen LogP contribution in [-0.4, -0.2) is 46.3 Å². The maximum absolute atomic E-state index is 10.3. The van der Waals surface area contributed by atoms with Crippen molar-refractivity contribution in [3.63, 3.8) is 0 Å². The molecule has 0 bridgehead atoms. The summed E-state index contributed by atoms with van der Waals surface area (Å²) in [5.41, 5.74) is 0.295. The molecule has 24 heavy (non-hydrogen) atoms. The third-order valence-corrected chi connectivity index (χ3v) is 5.24. The van der Waals surface area contributed by atoms with Gasteiger partial charge in [0.05, 0.1) is 0 Å². The second-order valence-electron chi connectivity index (χ2n) is 4.69. The first-order valence-electron chi connectivity index (χ1n) is 7.25. The highest BCUT2D eigenvalue weighted by Crippen LogP contribution is 2.33. The molecule has 0 amide bonds. The molecule has 0 heterocycles. The van der Waals surface area contributed by atoms with Gasteiger partial charge in [-0.2, -0.15) is 2.14 Å². The molecule has 138 valence electrons. The Kier molecular flexibility index (Phi) is 14.9. The van der Waals surface area contributed by atoms with E-state index in [2.05, 4.69) is 61.9 Å². The lowest BCUT2D eigenvalue weighted by atomic mass is 9.92. The van der Waals surface area contributed by atoms with E-state index in [1.165, 1.54) is 31.4 Å². The summed E-state index contributed by atoms with van der Waals surface area (Å²) in [5.74, 6) is -1.31. The van der Waals surface area contributed by atoms with Gasteiger partial charge >= 0.3 is 13.3 Å². The summed E-state index contributed by atoms with van der Waals surface area (Å²) < 4.78 is 2.14. The molecule has 0 aliphatic heterocycles. The zero-order chi connectivity index (χ0) is 19.3.